The van der Waals surface area contributed by atoms with Crippen molar-refractivity contribution in [3.8, 4) is 0 Å². The van der Waals surface area contributed by atoms with Crippen LogP contribution >= 0.6 is 0 Å². The first-order valence-electron chi connectivity index (χ1n) is 9.09. The number of benzene rings is 2. The van der Waals surface area contributed by atoms with E-state index in [9.17, 15) is 4.79 Å². The summed E-state index contributed by atoms with van der Waals surface area (Å²) in [5, 5.41) is 3.63. The predicted molar refractivity (Wildman–Crippen MR) is 99.8 cm³/mol. The van der Waals surface area contributed by atoms with Gasteiger partial charge in [0, 0.05) is 24.0 Å². The number of anilines is 2. The van der Waals surface area contributed by atoms with Crippen molar-refractivity contribution >= 4 is 17.3 Å². The first-order chi connectivity index (χ1) is 12.2. The van der Waals surface area contributed by atoms with Gasteiger partial charge in [-0.1, -0.05) is 36.4 Å². The summed E-state index contributed by atoms with van der Waals surface area (Å²) in [7, 11) is 0. The summed E-state index contributed by atoms with van der Waals surface area (Å²) in [6.45, 7) is 2.82. The van der Waals surface area contributed by atoms with Crippen LogP contribution in [0.15, 0.2) is 54.6 Å². The number of hydrogen-bond donors (Lipinski definition) is 1. The van der Waals surface area contributed by atoms with E-state index in [0.717, 1.165) is 30.6 Å². The molecule has 2 aromatic rings. The van der Waals surface area contributed by atoms with Crippen LogP contribution in [-0.2, 0) is 9.53 Å². The Kier molecular flexibility index (Phi) is 4.45. The number of fused-ring (bicyclic) bond motifs is 1. The summed E-state index contributed by atoms with van der Waals surface area (Å²) < 4.78 is 5.65. The number of para-hydroxylation sites is 2. The maximum absolute atomic E-state index is 13.0. The highest BCUT2D eigenvalue weighted by Gasteiger charge is 2.37. The van der Waals surface area contributed by atoms with E-state index in [-0.39, 0.29) is 24.1 Å². The van der Waals surface area contributed by atoms with Crippen LogP contribution in [0.4, 0.5) is 11.4 Å². The summed E-state index contributed by atoms with van der Waals surface area (Å²) in [4.78, 5) is 15.0. The highest BCUT2D eigenvalue weighted by molar-refractivity contribution is 5.98. The smallest absolute Gasteiger partial charge is 0.256 e. The maximum Gasteiger partial charge on any atom is 0.256 e. The summed E-state index contributed by atoms with van der Waals surface area (Å²) in [5.74, 6) is 0.107. The molecule has 2 aromatic carbocycles. The molecule has 0 spiro atoms. The lowest BCUT2D eigenvalue weighted by molar-refractivity contribution is -0.127. The molecule has 1 saturated heterocycles. The Morgan fingerprint density at radius 1 is 1.12 bits per heavy atom. The van der Waals surface area contributed by atoms with E-state index in [2.05, 4.69) is 36.5 Å². The SMILES string of the molecule is C[C@@H]1C[C@@H](Nc2ccccc2)c2ccccc2N1C(=O)[C@H]1CCCO1. The molecule has 4 rings (SSSR count). The molecule has 1 N–H and O–H groups in total. The van der Waals surface area contributed by atoms with Crippen LogP contribution in [0.5, 0.6) is 0 Å². The molecule has 25 heavy (non-hydrogen) atoms. The molecule has 1 amide bonds. The number of ether oxygens (including phenoxy) is 1. The van der Waals surface area contributed by atoms with Crippen LogP contribution in [0.1, 0.15) is 37.8 Å². The molecule has 3 atom stereocenters. The van der Waals surface area contributed by atoms with Crippen molar-refractivity contribution < 1.29 is 9.53 Å². The number of amides is 1. The first-order valence-corrected chi connectivity index (χ1v) is 9.09. The minimum atomic E-state index is -0.283. The molecule has 0 unspecified atom stereocenters. The minimum absolute atomic E-state index is 0.107. The fourth-order valence-corrected chi connectivity index (χ4v) is 3.95. The molecule has 0 aliphatic carbocycles. The standard InChI is InChI=1S/C21H24N2O2/c1-15-14-18(22-16-8-3-2-4-9-16)17-10-5-6-11-19(17)23(15)21(24)20-12-7-13-25-20/h2-6,8-11,15,18,20,22H,7,12-14H2,1H3/t15-,18-,20-/m1/s1. The molecule has 2 aliphatic rings. The van der Waals surface area contributed by atoms with Gasteiger partial charge in [0.05, 0.1) is 6.04 Å². The van der Waals surface area contributed by atoms with E-state index in [1.165, 1.54) is 5.56 Å². The van der Waals surface area contributed by atoms with Crippen molar-refractivity contribution in [2.24, 2.45) is 0 Å². The van der Waals surface area contributed by atoms with Gasteiger partial charge in [0.2, 0.25) is 0 Å². The summed E-state index contributed by atoms with van der Waals surface area (Å²) >= 11 is 0. The molecule has 0 radical (unpaired) electrons. The molecular formula is C21H24N2O2. The average molecular weight is 336 g/mol. The summed E-state index contributed by atoms with van der Waals surface area (Å²) in [6, 6.07) is 18.8. The molecule has 1 fully saturated rings. The zero-order chi connectivity index (χ0) is 17.2. The van der Waals surface area contributed by atoms with E-state index in [4.69, 9.17) is 4.74 Å². The number of nitrogens with one attached hydrogen (secondary N) is 1. The molecule has 0 aromatic heterocycles. The van der Waals surface area contributed by atoms with Gasteiger partial charge in [-0.25, -0.2) is 0 Å². The normalized spacial score (nSPS) is 25.5. The second kappa shape index (κ2) is 6.89. The Morgan fingerprint density at radius 3 is 2.64 bits per heavy atom. The Bertz CT molecular complexity index is 741. The Hall–Kier alpha value is -2.33. The van der Waals surface area contributed by atoms with Crippen molar-refractivity contribution in [1.29, 1.82) is 0 Å². The van der Waals surface area contributed by atoms with Gasteiger partial charge in [-0.05, 0) is 49.9 Å². The quantitative estimate of drug-likeness (QED) is 0.916. The van der Waals surface area contributed by atoms with Gasteiger partial charge in [-0.2, -0.15) is 0 Å². The van der Waals surface area contributed by atoms with E-state index in [1.54, 1.807) is 0 Å². The highest BCUT2D eigenvalue weighted by atomic mass is 16.5. The van der Waals surface area contributed by atoms with Crippen LogP contribution in [0, 0.1) is 0 Å². The Morgan fingerprint density at radius 2 is 1.88 bits per heavy atom. The van der Waals surface area contributed by atoms with Crippen LogP contribution in [0.25, 0.3) is 0 Å². The zero-order valence-corrected chi connectivity index (χ0v) is 14.5. The Balaban J connectivity index is 1.64. The molecule has 4 heteroatoms. The van der Waals surface area contributed by atoms with E-state index in [1.807, 2.05) is 35.2 Å². The van der Waals surface area contributed by atoms with Gasteiger partial charge in [0.15, 0.2) is 0 Å². The fraction of sp³-hybridized carbons (Fsp3) is 0.381. The molecule has 130 valence electrons. The molecular weight excluding hydrogens is 312 g/mol. The average Bonchev–Trinajstić information content (AvgIpc) is 3.17. The third-order valence-electron chi connectivity index (χ3n) is 5.15. The van der Waals surface area contributed by atoms with Crippen LogP contribution < -0.4 is 10.2 Å². The van der Waals surface area contributed by atoms with Crippen LogP contribution in [0.3, 0.4) is 0 Å². The van der Waals surface area contributed by atoms with Gasteiger partial charge in [0.1, 0.15) is 6.10 Å². The number of rotatable bonds is 3. The van der Waals surface area contributed by atoms with Crippen molar-refractivity contribution in [2.45, 2.75) is 44.4 Å². The highest BCUT2D eigenvalue weighted by Crippen LogP contribution is 2.39. The molecule has 0 bridgehead atoms. The second-order valence-corrected chi connectivity index (χ2v) is 6.92. The summed E-state index contributed by atoms with van der Waals surface area (Å²) in [6.07, 6.45) is 2.40. The van der Waals surface area contributed by atoms with E-state index < -0.39 is 0 Å². The van der Waals surface area contributed by atoms with E-state index >= 15 is 0 Å². The number of carbonyl (C=O) groups excluding carboxylic acids is 1. The third kappa shape index (κ3) is 3.14. The Labute approximate surface area is 148 Å². The van der Waals surface area contributed by atoms with Gasteiger partial charge in [-0.15, -0.1) is 0 Å². The van der Waals surface area contributed by atoms with Gasteiger partial charge >= 0.3 is 0 Å². The molecule has 2 aliphatic heterocycles. The fourth-order valence-electron chi connectivity index (χ4n) is 3.95. The lowest BCUT2D eigenvalue weighted by Gasteiger charge is -2.40. The van der Waals surface area contributed by atoms with E-state index in [0.29, 0.717) is 6.61 Å². The van der Waals surface area contributed by atoms with Gasteiger partial charge < -0.3 is 15.0 Å². The summed E-state index contributed by atoms with van der Waals surface area (Å²) in [5.41, 5.74) is 3.29. The van der Waals surface area contributed by atoms with Gasteiger partial charge in [-0.3, -0.25) is 4.79 Å². The lowest BCUT2D eigenvalue weighted by Crippen LogP contribution is -2.48. The van der Waals surface area contributed by atoms with Gasteiger partial charge in [0.25, 0.3) is 5.91 Å². The predicted octanol–water partition coefficient (Wildman–Crippen LogP) is 4.14. The van der Waals surface area contributed by atoms with Crippen LogP contribution in [-0.4, -0.2) is 24.7 Å². The minimum Gasteiger partial charge on any atom is -0.378 e. The number of nitrogens with zero attached hydrogens (tertiary/aromatic N) is 1. The zero-order valence-electron chi connectivity index (χ0n) is 14.5. The third-order valence-corrected chi connectivity index (χ3v) is 5.15. The monoisotopic (exact) mass is 336 g/mol. The molecule has 0 saturated carbocycles. The lowest BCUT2D eigenvalue weighted by atomic mass is 9.91. The molecule has 2 heterocycles. The van der Waals surface area contributed by atoms with Crippen molar-refractivity contribution in [3.05, 3.63) is 60.2 Å². The second-order valence-electron chi connectivity index (χ2n) is 6.92. The number of hydrogen-bond acceptors (Lipinski definition) is 3. The maximum atomic E-state index is 13.0. The van der Waals surface area contributed by atoms with Crippen molar-refractivity contribution in [1.82, 2.24) is 0 Å². The molecule has 4 nitrogen and oxygen atoms in total. The topological polar surface area (TPSA) is 41.6 Å². The van der Waals surface area contributed by atoms with Crippen molar-refractivity contribution in [3.63, 3.8) is 0 Å². The van der Waals surface area contributed by atoms with Crippen molar-refractivity contribution in [2.75, 3.05) is 16.8 Å². The number of carbonyl (C=O) groups is 1. The first kappa shape index (κ1) is 16.2. The van der Waals surface area contributed by atoms with Crippen LogP contribution in [0.2, 0.25) is 0 Å². The largest absolute Gasteiger partial charge is 0.378 e.